The molecule has 0 saturated carbocycles. The Kier molecular flexibility index (Phi) is 4.92. The van der Waals surface area contributed by atoms with E-state index in [-0.39, 0.29) is 30.1 Å². The van der Waals surface area contributed by atoms with E-state index in [0.717, 1.165) is 12.1 Å². The second-order valence-electron chi connectivity index (χ2n) is 5.91. The Balaban J connectivity index is 2.02. The number of hydrogen-bond acceptors (Lipinski definition) is 5. The second kappa shape index (κ2) is 7.03. The van der Waals surface area contributed by atoms with Crippen molar-refractivity contribution >= 4 is 17.6 Å². The zero-order chi connectivity index (χ0) is 19.8. The number of methoxy groups -OCH3 is 2. The average Bonchev–Trinajstić information content (AvgIpc) is 3.09. The van der Waals surface area contributed by atoms with Gasteiger partial charge in [0.2, 0.25) is 0 Å². The Hall–Kier alpha value is -2.88. The Labute approximate surface area is 152 Å². The second-order valence-corrected chi connectivity index (χ2v) is 5.91. The van der Waals surface area contributed by atoms with Crippen molar-refractivity contribution in [3.8, 4) is 0 Å². The number of anilines is 1. The van der Waals surface area contributed by atoms with Gasteiger partial charge < -0.3 is 14.4 Å². The summed E-state index contributed by atoms with van der Waals surface area (Å²) in [6.45, 7) is 0.326. The van der Waals surface area contributed by atoms with Crippen molar-refractivity contribution in [1.82, 2.24) is 9.78 Å². The van der Waals surface area contributed by atoms with E-state index >= 15 is 0 Å². The fourth-order valence-corrected chi connectivity index (χ4v) is 2.98. The molecule has 1 unspecified atom stereocenters. The van der Waals surface area contributed by atoms with Crippen molar-refractivity contribution in [3.05, 3.63) is 47.3 Å². The summed E-state index contributed by atoms with van der Waals surface area (Å²) in [6, 6.07) is 3.83. The highest BCUT2D eigenvalue weighted by atomic mass is 19.4. The van der Waals surface area contributed by atoms with E-state index in [9.17, 15) is 22.8 Å². The lowest BCUT2D eigenvalue weighted by Gasteiger charge is -2.33. The third-order valence-electron chi connectivity index (χ3n) is 4.25. The van der Waals surface area contributed by atoms with Crippen molar-refractivity contribution in [2.24, 2.45) is 0 Å². The zero-order valence-corrected chi connectivity index (χ0v) is 14.5. The zero-order valence-electron chi connectivity index (χ0n) is 14.5. The number of fused-ring (bicyclic) bond motifs is 1. The first-order valence-electron chi connectivity index (χ1n) is 7.91. The first-order chi connectivity index (χ1) is 12.8. The molecule has 0 radical (unpaired) electrons. The summed E-state index contributed by atoms with van der Waals surface area (Å²) >= 11 is 0. The standard InChI is InChI=1S/C17H16F3N3O4/c1-26-9-12-8-22(11-5-3-10(4-6-11)17(18,19)20)15(24)14-13(16(25)27-2)7-21-23(12)14/h3-7,12H,8-9H2,1-2H3. The fourth-order valence-electron chi connectivity index (χ4n) is 2.98. The number of aromatic nitrogens is 2. The number of carbonyl (C=O) groups excluding carboxylic acids is 2. The molecule has 1 aromatic heterocycles. The molecule has 10 heteroatoms. The predicted molar refractivity (Wildman–Crippen MR) is 87.6 cm³/mol. The summed E-state index contributed by atoms with van der Waals surface area (Å²) in [4.78, 5) is 26.2. The van der Waals surface area contributed by atoms with Crippen molar-refractivity contribution in [1.29, 1.82) is 0 Å². The number of esters is 1. The average molecular weight is 383 g/mol. The summed E-state index contributed by atoms with van der Waals surface area (Å²) < 4.78 is 49.6. The molecule has 2 heterocycles. The minimum Gasteiger partial charge on any atom is -0.465 e. The van der Waals surface area contributed by atoms with Crippen molar-refractivity contribution in [2.75, 3.05) is 32.3 Å². The first-order valence-corrected chi connectivity index (χ1v) is 7.91. The minimum absolute atomic E-state index is 0.00930. The summed E-state index contributed by atoms with van der Waals surface area (Å²) in [5.74, 6) is -1.28. The molecule has 27 heavy (non-hydrogen) atoms. The van der Waals surface area contributed by atoms with E-state index in [4.69, 9.17) is 4.74 Å². The molecule has 0 fully saturated rings. The number of rotatable bonds is 4. The molecular weight excluding hydrogens is 367 g/mol. The maximum atomic E-state index is 12.9. The molecule has 3 rings (SSSR count). The van der Waals surface area contributed by atoms with E-state index in [1.165, 1.54) is 42.1 Å². The SMILES string of the molecule is COCC1CN(c2ccc(C(F)(F)F)cc2)C(=O)c2c(C(=O)OC)cnn21. The number of alkyl halides is 3. The molecule has 144 valence electrons. The van der Waals surface area contributed by atoms with Crippen LogP contribution in [0.3, 0.4) is 0 Å². The number of nitrogens with zero attached hydrogens (tertiary/aromatic N) is 3. The van der Waals surface area contributed by atoms with Gasteiger partial charge in [0.25, 0.3) is 5.91 Å². The van der Waals surface area contributed by atoms with Gasteiger partial charge in [0.1, 0.15) is 11.3 Å². The predicted octanol–water partition coefficient (Wildman–Crippen LogP) is 2.54. The normalized spacial score (nSPS) is 17.0. The quantitative estimate of drug-likeness (QED) is 0.759. The van der Waals surface area contributed by atoms with Crippen LogP contribution in [0.1, 0.15) is 32.5 Å². The Morgan fingerprint density at radius 3 is 2.48 bits per heavy atom. The molecular formula is C17H16F3N3O4. The van der Waals surface area contributed by atoms with Gasteiger partial charge in [-0.25, -0.2) is 4.79 Å². The van der Waals surface area contributed by atoms with E-state index in [2.05, 4.69) is 9.84 Å². The summed E-state index contributed by atoms with van der Waals surface area (Å²) in [5, 5.41) is 4.09. The van der Waals surface area contributed by atoms with Gasteiger partial charge in [-0.3, -0.25) is 9.48 Å². The van der Waals surface area contributed by atoms with Gasteiger partial charge in [0.05, 0.1) is 38.1 Å². The van der Waals surface area contributed by atoms with Crippen LogP contribution < -0.4 is 4.90 Å². The van der Waals surface area contributed by atoms with Gasteiger partial charge >= 0.3 is 12.1 Å². The van der Waals surface area contributed by atoms with Gasteiger partial charge in [-0.2, -0.15) is 18.3 Å². The first kappa shape index (κ1) is 18.9. The van der Waals surface area contributed by atoms with Gasteiger partial charge in [-0.15, -0.1) is 0 Å². The third-order valence-corrected chi connectivity index (χ3v) is 4.25. The number of hydrogen-bond donors (Lipinski definition) is 0. The topological polar surface area (TPSA) is 73.7 Å². The molecule has 2 aromatic rings. The van der Waals surface area contributed by atoms with Crippen LogP contribution in [0.2, 0.25) is 0 Å². The summed E-state index contributed by atoms with van der Waals surface area (Å²) in [7, 11) is 2.66. The van der Waals surface area contributed by atoms with Crippen molar-refractivity contribution in [2.45, 2.75) is 12.2 Å². The van der Waals surface area contributed by atoms with Crippen molar-refractivity contribution < 1.29 is 32.2 Å². The third kappa shape index (κ3) is 3.39. The Bertz CT molecular complexity index is 861. The Morgan fingerprint density at radius 2 is 1.93 bits per heavy atom. The highest BCUT2D eigenvalue weighted by molar-refractivity contribution is 6.11. The number of amides is 1. The molecule has 1 aliphatic heterocycles. The fraction of sp³-hybridized carbons (Fsp3) is 0.353. The molecule has 1 aromatic carbocycles. The van der Waals surface area contributed by atoms with Crippen LogP contribution in [-0.4, -0.2) is 49.0 Å². The number of benzene rings is 1. The van der Waals surface area contributed by atoms with E-state index in [1.54, 1.807) is 0 Å². The minimum atomic E-state index is -4.47. The summed E-state index contributed by atoms with van der Waals surface area (Å²) in [6.07, 6.45) is -3.24. The highest BCUT2D eigenvalue weighted by Gasteiger charge is 2.37. The van der Waals surface area contributed by atoms with Crippen molar-refractivity contribution in [3.63, 3.8) is 0 Å². The molecule has 0 aliphatic carbocycles. The number of ether oxygens (including phenoxy) is 2. The molecule has 7 nitrogen and oxygen atoms in total. The van der Waals surface area contributed by atoms with Gasteiger partial charge in [-0.1, -0.05) is 0 Å². The molecule has 1 aliphatic rings. The maximum absolute atomic E-state index is 12.9. The van der Waals surface area contributed by atoms with Crippen LogP contribution in [0.15, 0.2) is 30.5 Å². The summed E-state index contributed by atoms with van der Waals surface area (Å²) in [5.41, 5.74) is -0.544. The lowest BCUT2D eigenvalue weighted by atomic mass is 10.1. The van der Waals surface area contributed by atoms with Crippen LogP contribution in [0.25, 0.3) is 0 Å². The maximum Gasteiger partial charge on any atom is 0.416 e. The van der Waals surface area contributed by atoms with Crippen LogP contribution >= 0.6 is 0 Å². The van der Waals surface area contributed by atoms with Crippen LogP contribution in [0, 0.1) is 0 Å². The molecule has 0 bridgehead atoms. The molecule has 0 saturated heterocycles. The van der Waals surface area contributed by atoms with E-state index in [1.807, 2.05) is 0 Å². The monoisotopic (exact) mass is 383 g/mol. The van der Waals surface area contributed by atoms with E-state index < -0.39 is 29.7 Å². The lowest BCUT2D eigenvalue weighted by Crippen LogP contribution is -2.45. The van der Waals surface area contributed by atoms with E-state index in [0.29, 0.717) is 0 Å². The molecule has 1 atom stereocenters. The van der Waals surface area contributed by atoms with Gasteiger partial charge in [0, 0.05) is 12.8 Å². The van der Waals surface area contributed by atoms with Crippen LogP contribution in [0.4, 0.5) is 18.9 Å². The molecule has 0 spiro atoms. The molecule has 1 amide bonds. The van der Waals surface area contributed by atoms with Crippen LogP contribution in [0.5, 0.6) is 0 Å². The van der Waals surface area contributed by atoms with Crippen LogP contribution in [-0.2, 0) is 15.7 Å². The number of halogens is 3. The van der Waals surface area contributed by atoms with Gasteiger partial charge in [-0.05, 0) is 24.3 Å². The number of carbonyl (C=O) groups is 2. The Morgan fingerprint density at radius 1 is 1.26 bits per heavy atom. The lowest BCUT2D eigenvalue weighted by molar-refractivity contribution is -0.137. The smallest absolute Gasteiger partial charge is 0.416 e. The largest absolute Gasteiger partial charge is 0.465 e. The van der Waals surface area contributed by atoms with Gasteiger partial charge in [0.15, 0.2) is 0 Å². The molecule has 0 N–H and O–H groups in total. The highest BCUT2D eigenvalue weighted by Crippen LogP contribution is 2.33.